The smallest absolute Gasteiger partial charge is 0.300 e. The van der Waals surface area contributed by atoms with Crippen LogP contribution in [0.4, 0.5) is 17.1 Å². The number of amides is 1. The molecule has 0 bridgehead atoms. The van der Waals surface area contributed by atoms with Gasteiger partial charge in [-0.2, -0.15) is 0 Å². The zero-order chi connectivity index (χ0) is 19.9. The normalized spacial score (nSPS) is 10.5. The van der Waals surface area contributed by atoms with Crippen LogP contribution in [0.2, 0.25) is 0 Å². The number of carbonyl (C=O) groups excluding carboxylic acids is 1. The number of aliphatic hydroxyl groups excluding tert-OH is 1. The van der Waals surface area contributed by atoms with Crippen molar-refractivity contribution in [2.45, 2.75) is 0 Å². The van der Waals surface area contributed by atoms with Crippen LogP contribution in [0.25, 0.3) is 0 Å². The fourth-order valence-electron chi connectivity index (χ4n) is 2.34. The minimum Gasteiger partial charge on any atom is -0.395 e. The van der Waals surface area contributed by atoms with Crippen LogP contribution in [0.15, 0.2) is 12.1 Å². The van der Waals surface area contributed by atoms with Crippen LogP contribution in [0.1, 0.15) is 10.4 Å². The molecule has 1 rings (SSSR count). The van der Waals surface area contributed by atoms with Crippen molar-refractivity contribution in [3.8, 4) is 0 Å². The minimum atomic E-state index is -0.763. The molecule has 12 heteroatoms. The van der Waals surface area contributed by atoms with Gasteiger partial charge in [0.05, 0.1) is 28.1 Å². The molecule has 0 unspecified atom stereocenters. The van der Waals surface area contributed by atoms with E-state index in [1.54, 1.807) is 4.90 Å². The van der Waals surface area contributed by atoms with Crippen LogP contribution in [0, 0.1) is 20.2 Å². The number of anilines is 1. The summed E-state index contributed by atoms with van der Waals surface area (Å²) in [5, 5.41) is 31.8. The first-order chi connectivity index (χ1) is 12.3. The van der Waals surface area contributed by atoms with Gasteiger partial charge in [-0.1, -0.05) is 45.2 Å². The average Bonchev–Trinajstić information content (AvgIpc) is 2.59. The largest absolute Gasteiger partial charge is 0.395 e. The first-order valence-electron chi connectivity index (χ1n) is 7.48. The van der Waals surface area contributed by atoms with Crippen molar-refractivity contribution in [3.05, 3.63) is 37.9 Å². The number of alkyl halides is 2. The number of halogens is 2. The third kappa shape index (κ3) is 5.60. The molecule has 0 aliphatic rings. The minimum absolute atomic E-state index is 0.00727. The Hall–Kier alpha value is -1.29. The standard InChI is InChI=1S/C14H18I2N4O6/c1-17(6-7-21)14(22)11-8-10(19(23)24)9-12(20(25)26)13(11)18(4-2-15)5-3-16/h8-9,21H,2-7H2,1H3. The van der Waals surface area contributed by atoms with Crippen LogP contribution in [0.3, 0.4) is 0 Å². The van der Waals surface area contributed by atoms with E-state index in [9.17, 15) is 25.0 Å². The summed E-state index contributed by atoms with van der Waals surface area (Å²) in [6.45, 7) is 0.617. The molecule has 0 aliphatic heterocycles. The SMILES string of the molecule is CN(CCO)C(=O)c1cc([N+](=O)[O-])cc([N+](=O)[O-])c1N(CCI)CCI. The molecule has 26 heavy (non-hydrogen) atoms. The Kier molecular flexibility index (Phi) is 9.42. The predicted octanol–water partition coefficient (Wildman–Crippen LogP) is 2.24. The summed E-state index contributed by atoms with van der Waals surface area (Å²) >= 11 is 4.24. The number of benzene rings is 1. The molecule has 0 aliphatic carbocycles. The fourth-order valence-corrected chi connectivity index (χ4v) is 3.51. The summed E-state index contributed by atoms with van der Waals surface area (Å²) in [7, 11) is 1.42. The van der Waals surface area contributed by atoms with E-state index in [0.717, 1.165) is 12.1 Å². The van der Waals surface area contributed by atoms with E-state index < -0.39 is 27.1 Å². The number of rotatable bonds is 10. The van der Waals surface area contributed by atoms with Gasteiger partial charge in [0.25, 0.3) is 17.3 Å². The van der Waals surface area contributed by atoms with Gasteiger partial charge in [-0.15, -0.1) is 0 Å². The number of nitrogens with zero attached hydrogens (tertiary/aromatic N) is 4. The summed E-state index contributed by atoms with van der Waals surface area (Å²) in [5.74, 6) is -0.618. The molecule has 0 radical (unpaired) electrons. The van der Waals surface area contributed by atoms with Crippen LogP contribution < -0.4 is 4.90 Å². The molecule has 0 saturated heterocycles. The van der Waals surface area contributed by atoms with Gasteiger partial charge in [-0.3, -0.25) is 25.0 Å². The zero-order valence-corrected chi connectivity index (χ0v) is 18.2. The first-order valence-corrected chi connectivity index (χ1v) is 10.5. The van der Waals surface area contributed by atoms with Crippen molar-refractivity contribution in [2.75, 3.05) is 47.0 Å². The van der Waals surface area contributed by atoms with Gasteiger partial charge in [-0.25, -0.2) is 0 Å². The van der Waals surface area contributed by atoms with E-state index >= 15 is 0 Å². The molecule has 0 atom stereocenters. The van der Waals surface area contributed by atoms with Crippen LogP contribution in [-0.4, -0.2) is 67.9 Å². The van der Waals surface area contributed by atoms with Crippen molar-refractivity contribution in [2.24, 2.45) is 0 Å². The van der Waals surface area contributed by atoms with E-state index in [-0.39, 0.29) is 24.4 Å². The molecule has 0 heterocycles. The number of likely N-dealkylation sites (N-methyl/N-ethyl adjacent to an activating group) is 1. The Morgan fingerprint density at radius 2 is 1.69 bits per heavy atom. The van der Waals surface area contributed by atoms with Crippen LogP contribution in [0.5, 0.6) is 0 Å². The topological polar surface area (TPSA) is 130 Å². The molecule has 1 aromatic carbocycles. The van der Waals surface area contributed by atoms with Crippen molar-refractivity contribution < 1.29 is 19.7 Å². The predicted molar refractivity (Wildman–Crippen MR) is 114 cm³/mol. The number of aliphatic hydroxyl groups is 1. The molecule has 0 aromatic heterocycles. The third-order valence-corrected chi connectivity index (χ3v) is 4.48. The fraction of sp³-hybridized carbons (Fsp3) is 0.500. The van der Waals surface area contributed by atoms with Gasteiger partial charge in [-0.05, 0) is 0 Å². The van der Waals surface area contributed by atoms with Crippen molar-refractivity contribution >= 4 is 68.2 Å². The van der Waals surface area contributed by atoms with Crippen molar-refractivity contribution in [3.63, 3.8) is 0 Å². The monoisotopic (exact) mass is 592 g/mol. The van der Waals surface area contributed by atoms with Crippen molar-refractivity contribution in [1.29, 1.82) is 0 Å². The summed E-state index contributed by atoms with van der Waals surface area (Å²) in [4.78, 5) is 36.9. The molecule has 0 saturated carbocycles. The lowest BCUT2D eigenvalue weighted by molar-refractivity contribution is -0.393. The Balaban J connectivity index is 3.71. The number of hydrogen-bond acceptors (Lipinski definition) is 7. The molecule has 0 fully saturated rings. The molecule has 144 valence electrons. The second-order valence-corrected chi connectivity index (χ2v) is 7.35. The van der Waals surface area contributed by atoms with E-state index in [1.165, 1.54) is 11.9 Å². The highest BCUT2D eigenvalue weighted by atomic mass is 127. The highest BCUT2D eigenvalue weighted by molar-refractivity contribution is 14.1. The average molecular weight is 592 g/mol. The maximum Gasteiger partial charge on any atom is 0.300 e. The highest BCUT2D eigenvalue weighted by Gasteiger charge is 2.31. The Labute approximate surface area is 177 Å². The Morgan fingerprint density at radius 3 is 2.12 bits per heavy atom. The highest BCUT2D eigenvalue weighted by Crippen LogP contribution is 2.37. The van der Waals surface area contributed by atoms with E-state index in [4.69, 9.17) is 5.11 Å². The Morgan fingerprint density at radius 1 is 1.12 bits per heavy atom. The molecule has 0 spiro atoms. The van der Waals surface area contributed by atoms with Crippen LogP contribution in [-0.2, 0) is 0 Å². The zero-order valence-electron chi connectivity index (χ0n) is 13.9. The van der Waals surface area contributed by atoms with E-state index in [2.05, 4.69) is 45.2 Å². The third-order valence-electron chi connectivity index (χ3n) is 3.52. The maximum absolute atomic E-state index is 12.8. The molecular weight excluding hydrogens is 574 g/mol. The second-order valence-electron chi connectivity index (χ2n) is 5.19. The molecule has 1 amide bonds. The molecule has 10 nitrogen and oxygen atoms in total. The molecular formula is C14H18I2N4O6. The van der Waals surface area contributed by atoms with Crippen molar-refractivity contribution in [1.82, 2.24) is 4.90 Å². The maximum atomic E-state index is 12.8. The lowest BCUT2D eigenvalue weighted by atomic mass is 10.1. The van der Waals surface area contributed by atoms with Gasteiger partial charge >= 0.3 is 0 Å². The quantitative estimate of drug-likeness (QED) is 0.191. The lowest BCUT2D eigenvalue weighted by Gasteiger charge is -2.26. The number of nitro benzene ring substituents is 2. The first kappa shape index (κ1) is 22.8. The van der Waals surface area contributed by atoms with Gasteiger partial charge in [0, 0.05) is 41.6 Å². The summed E-state index contributed by atoms with van der Waals surface area (Å²) in [6, 6.07) is 1.94. The number of carbonyl (C=O) groups is 1. The lowest BCUT2D eigenvalue weighted by Crippen LogP contribution is -2.34. The molecule has 1 N–H and O–H groups in total. The van der Waals surface area contributed by atoms with Gasteiger partial charge < -0.3 is 14.9 Å². The van der Waals surface area contributed by atoms with Crippen LogP contribution >= 0.6 is 45.2 Å². The summed E-state index contributed by atoms with van der Waals surface area (Å²) in [5.41, 5.74) is -1.04. The van der Waals surface area contributed by atoms with Gasteiger partial charge in [0.15, 0.2) is 0 Å². The number of nitro groups is 2. The number of hydrogen-bond donors (Lipinski definition) is 1. The molecule has 1 aromatic rings. The summed E-state index contributed by atoms with van der Waals surface area (Å²) < 4.78 is 1.31. The second kappa shape index (κ2) is 10.8. The summed E-state index contributed by atoms with van der Waals surface area (Å²) in [6.07, 6.45) is 0. The van der Waals surface area contributed by atoms with Gasteiger partial charge in [0.1, 0.15) is 5.69 Å². The number of non-ortho nitro benzene ring substituents is 1. The van der Waals surface area contributed by atoms with E-state index in [0.29, 0.717) is 21.9 Å². The Bertz CT molecular complexity index is 682. The van der Waals surface area contributed by atoms with E-state index in [1.807, 2.05) is 0 Å². The van der Waals surface area contributed by atoms with Gasteiger partial charge in [0.2, 0.25) is 0 Å².